The first-order valence-corrected chi connectivity index (χ1v) is 8.37. The van der Waals surface area contributed by atoms with Crippen molar-refractivity contribution in [2.24, 2.45) is 0 Å². The third-order valence-electron chi connectivity index (χ3n) is 4.05. The highest BCUT2D eigenvalue weighted by molar-refractivity contribution is 6.10. The van der Waals surface area contributed by atoms with E-state index in [0.717, 1.165) is 0 Å². The number of furan rings is 1. The SMILES string of the molecule is CCN(CC)C(=O)c1ccccc1NC(=O)c1c(C)coc1CC(=O)O. The van der Waals surface area contributed by atoms with E-state index in [0.29, 0.717) is 29.9 Å². The zero-order valence-electron chi connectivity index (χ0n) is 15.0. The van der Waals surface area contributed by atoms with Gasteiger partial charge in [-0.25, -0.2) is 0 Å². The standard InChI is InChI=1S/C19H22N2O5/c1-4-21(5-2)19(25)13-8-6-7-9-14(13)20-18(24)17-12(3)11-26-15(17)10-16(22)23/h6-9,11H,4-5,10H2,1-3H3,(H,20,24)(H,22,23). The van der Waals surface area contributed by atoms with Crippen LogP contribution in [0.3, 0.4) is 0 Å². The maximum atomic E-state index is 12.7. The molecule has 0 spiro atoms. The van der Waals surface area contributed by atoms with Gasteiger partial charge in [0.2, 0.25) is 0 Å². The highest BCUT2D eigenvalue weighted by Crippen LogP contribution is 2.22. The molecule has 0 aliphatic rings. The van der Waals surface area contributed by atoms with Gasteiger partial charge in [-0.05, 0) is 32.9 Å². The van der Waals surface area contributed by atoms with Crippen LogP contribution in [0, 0.1) is 6.92 Å². The van der Waals surface area contributed by atoms with Crippen molar-refractivity contribution in [3.8, 4) is 0 Å². The Hall–Kier alpha value is -3.09. The molecule has 0 saturated heterocycles. The molecule has 7 nitrogen and oxygen atoms in total. The maximum Gasteiger partial charge on any atom is 0.311 e. The van der Waals surface area contributed by atoms with Crippen LogP contribution in [0.1, 0.15) is 45.9 Å². The topological polar surface area (TPSA) is 99.9 Å². The van der Waals surface area contributed by atoms with E-state index in [4.69, 9.17) is 9.52 Å². The number of carboxylic acid groups (broad SMARTS) is 1. The lowest BCUT2D eigenvalue weighted by Crippen LogP contribution is -2.31. The Kier molecular flexibility index (Phi) is 6.16. The number of carbonyl (C=O) groups is 3. The highest BCUT2D eigenvalue weighted by Gasteiger charge is 2.23. The number of hydrogen-bond donors (Lipinski definition) is 2. The van der Waals surface area contributed by atoms with Crippen molar-refractivity contribution in [1.82, 2.24) is 4.90 Å². The van der Waals surface area contributed by atoms with Gasteiger partial charge in [0.25, 0.3) is 11.8 Å². The van der Waals surface area contributed by atoms with Crippen molar-refractivity contribution in [1.29, 1.82) is 0 Å². The Morgan fingerprint density at radius 1 is 1.15 bits per heavy atom. The lowest BCUT2D eigenvalue weighted by atomic mass is 10.1. The molecule has 2 amide bonds. The van der Waals surface area contributed by atoms with Crippen molar-refractivity contribution < 1.29 is 23.9 Å². The molecule has 0 bridgehead atoms. The third-order valence-corrected chi connectivity index (χ3v) is 4.05. The van der Waals surface area contributed by atoms with Crippen LogP contribution in [0.4, 0.5) is 5.69 Å². The van der Waals surface area contributed by atoms with Gasteiger partial charge in [-0.1, -0.05) is 12.1 Å². The quantitative estimate of drug-likeness (QED) is 0.793. The van der Waals surface area contributed by atoms with Gasteiger partial charge in [0, 0.05) is 18.7 Å². The summed E-state index contributed by atoms with van der Waals surface area (Å²) in [4.78, 5) is 38.0. The molecule has 26 heavy (non-hydrogen) atoms. The molecule has 0 unspecified atom stereocenters. The number of carbonyl (C=O) groups excluding carboxylic acids is 2. The first-order chi connectivity index (χ1) is 12.4. The predicted molar refractivity (Wildman–Crippen MR) is 96.4 cm³/mol. The normalized spacial score (nSPS) is 10.4. The molecule has 2 aromatic rings. The number of nitrogens with zero attached hydrogens (tertiary/aromatic N) is 1. The molecule has 2 N–H and O–H groups in total. The van der Waals surface area contributed by atoms with Crippen LogP contribution in [0.5, 0.6) is 0 Å². The number of aryl methyl sites for hydroxylation is 1. The van der Waals surface area contributed by atoms with Crippen LogP contribution >= 0.6 is 0 Å². The summed E-state index contributed by atoms with van der Waals surface area (Å²) >= 11 is 0. The molecule has 0 fully saturated rings. The Morgan fingerprint density at radius 3 is 2.42 bits per heavy atom. The van der Waals surface area contributed by atoms with Crippen LogP contribution in [0.15, 0.2) is 34.9 Å². The first kappa shape index (κ1) is 19.2. The fraction of sp³-hybridized carbons (Fsp3) is 0.316. The minimum Gasteiger partial charge on any atom is -0.481 e. The van der Waals surface area contributed by atoms with Crippen molar-refractivity contribution >= 4 is 23.5 Å². The van der Waals surface area contributed by atoms with E-state index in [2.05, 4.69) is 5.32 Å². The molecule has 0 radical (unpaired) electrons. The van der Waals surface area contributed by atoms with Gasteiger partial charge in [-0.3, -0.25) is 14.4 Å². The van der Waals surface area contributed by atoms with E-state index in [-0.39, 0.29) is 17.2 Å². The average molecular weight is 358 g/mol. The number of carboxylic acids is 1. The number of para-hydroxylation sites is 1. The number of amides is 2. The minimum atomic E-state index is -1.09. The van der Waals surface area contributed by atoms with Gasteiger partial charge in [0.05, 0.1) is 23.1 Å². The van der Waals surface area contributed by atoms with Gasteiger partial charge >= 0.3 is 5.97 Å². The molecular weight excluding hydrogens is 336 g/mol. The van der Waals surface area contributed by atoms with Gasteiger partial charge in [-0.2, -0.15) is 0 Å². The lowest BCUT2D eigenvalue weighted by Gasteiger charge is -2.20. The summed E-state index contributed by atoms with van der Waals surface area (Å²) in [7, 11) is 0. The summed E-state index contributed by atoms with van der Waals surface area (Å²) in [6, 6.07) is 6.73. The Morgan fingerprint density at radius 2 is 1.81 bits per heavy atom. The molecule has 1 heterocycles. The molecule has 0 atom stereocenters. The molecule has 138 valence electrons. The molecule has 2 rings (SSSR count). The molecule has 7 heteroatoms. The summed E-state index contributed by atoms with van der Waals surface area (Å²) in [5, 5.41) is 11.7. The van der Waals surface area contributed by atoms with Crippen molar-refractivity contribution in [3.63, 3.8) is 0 Å². The number of rotatable bonds is 7. The monoisotopic (exact) mass is 358 g/mol. The van der Waals surface area contributed by atoms with E-state index >= 15 is 0 Å². The number of hydrogen-bond acceptors (Lipinski definition) is 4. The number of nitrogens with one attached hydrogen (secondary N) is 1. The van der Waals surface area contributed by atoms with Gasteiger partial charge in [0.1, 0.15) is 12.2 Å². The van der Waals surface area contributed by atoms with Crippen LogP contribution in [0.2, 0.25) is 0 Å². The average Bonchev–Trinajstić information content (AvgIpc) is 2.96. The second-order valence-electron chi connectivity index (χ2n) is 5.76. The summed E-state index contributed by atoms with van der Waals surface area (Å²) in [5.74, 6) is -1.70. The summed E-state index contributed by atoms with van der Waals surface area (Å²) in [6.45, 7) is 6.55. The largest absolute Gasteiger partial charge is 0.481 e. The second kappa shape index (κ2) is 8.33. The van der Waals surface area contributed by atoms with Crippen molar-refractivity contribution in [2.75, 3.05) is 18.4 Å². The number of anilines is 1. The number of benzene rings is 1. The highest BCUT2D eigenvalue weighted by atomic mass is 16.4. The van der Waals surface area contributed by atoms with Gasteiger partial charge < -0.3 is 19.7 Å². The van der Waals surface area contributed by atoms with Gasteiger partial charge in [0.15, 0.2) is 0 Å². The van der Waals surface area contributed by atoms with E-state index < -0.39 is 18.3 Å². The van der Waals surface area contributed by atoms with E-state index in [1.807, 2.05) is 13.8 Å². The Bertz CT molecular complexity index is 821. The molecule has 0 aliphatic heterocycles. The molecular formula is C19H22N2O5. The molecule has 1 aromatic carbocycles. The zero-order valence-corrected chi connectivity index (χ0v) is 15.0. The van der Waals surface area contributed by atoms with Crippen LogP contribution < -0.4 is 5.32 Å². The maximum absolute atomic E-state index is 12.7. The number of aliphatic carboxylic acids is 1. The molecule has 0 saturated carbocycles. The Labute approximate surface area is 151 Å². The summed E-state index contributed by atoms with van der Waals surface area (Å²) in [5.41, 5.74) is 1.46. The fourth-order valence-corrected chi connectivity index (χ4v) is 2.71. The van der Waals surface area contributed by atoms with Crippen LogP contribution in [0.25, 0.3) is 0 Å². The van der Waals surface area contributed by atoms with Crippen molar-refractivity contribution in [2.45, 2.75) is 27.2 Å². The van der Waals surface area contributed by atoms with Crippen LogP contribution in [-0.2, 0) is 11.2 Å². The minimum absolute atomic E-state index is 0.0834. The molecule has 0 aliphatic carbocycles. The summed E-state index contributed by atoms with van der Waals surface area (Å²) in [6.07, 6.45) is 0.955. The predicted octanol–water partition coefficient (Wildman–Crippen LogP) is 2.95. The van der Waals surface area contributed by atoms with E-state index in [9.17, 15) is 14.4 Å². The third kappa shape index (κ3) is 4.11. The van der Waals surface area contributed by atoms with Crippen LogP contribution in [-0.4, -0.2) is 40.9 Å². The van der Waals surface area contributed by atoms with E-state index in [1.54, 1.807) is 36.1 Å². The van der Waals surface area contributed by atoms with Crippen molar-refractivity contribution in [3.05, 3.63) is 53.0 Å². The Balaban J connectivity index is 2.33. The smallest absolute Gasteiger partial charge is 0.311 e. The summed E-state index contributed by atoms with van der Waals surface area (Å²) < 4.78 is 5.20. The van der Waals surface area contributed by atoms with E-state index in [1.165, 1.54) is 6.26 Å². The van der Waals surface area contributed by atoms with Gasteiger partial charge in [-0.15, -0.1) is 0 Å². The first-order valence-electron chi connectivity index (χ1n) is 8.37. The lowest BCUT2D eigenvalue weighted by molar-refractivity contribution is -0.136. The fourth-order valence-electron chi connectivity index (χ4n) is 2.71. The second-order valence-corrected chi connectivity index (χ2v) is 5.76. The zero-order chi connectivity index (χ0) is 19.3. The molecule has 1 aromatic heterocycles.